The van der Waals surface area contributed by atoms with Gasteiger partial charge in [0.2, 0.25) is 10.0 Å². The standard InChI is InChI=1S/C21H27N3O4S/c1-17-16-18(21(25)28-2)8-9-20(17)29(26,27)22-10-11-23-12-14-24(15-13-23)19-6-4-3-5-7-19/h3-9,16,22H,10-15H2,1-2H3. The van der Waals surface area contributed by atoms with Gasteiger partial charge in [-0.1, -0.05) is 18.2 Å². The van der Waals surface area contributed by atoms with Crippen LogP contribution in [0.3, 0.4) is 0 Å². The lowest BCUT2D eigenvalue weighted by Gasteiger charge is -2.36. The van der Waals surface area contributed by atoms with Gasteiger partial charge in [-0.2, -0.15) is 0 Å². The second-order valence-electron chi connectivity index (χ2n) is 7.03. The number of methoxy groups -OCH3 is 1. The third-order valence-corrected chi connectivity index (χ3v) is 6.72. The fraction of sp³-hybridized carbons (Fsp3) is 0.381. The predicted molar refractivity (Wildman–Crippen MR) is 113 cm³/mol. The Hall–Kier alpha value is -2.42. The largest absolute Gasteiger partial charge is 0.465 e. The number of rotatable bonds is 7. The van der Waals surface area contributed by atoms with Crippen LogP contribution in [0.25, 0.3) is 0 Å². The number of carbonyl (C=O) groups is 1. The minimum absolute atomic E-state index is 0.180. The highest BCUT2D eigenvalue weighted by molar-refractivity contribution is 7.89. The second kappa shape index (κ2) is 9.39. The summed E-state index contributed by atoms with van der Waals surface area (Å²) in [6.45, 7) is 6.29. The van der Waals surface area contributed by atoms with Crippen molar-refractivity contribution in [3.05, 3.63) is 59.7 Å². The third-order valence-electron chi connectivity index (χ3n) is 5.10. The van der Waals surface area contributed by atoms with Crippen LogP contribution in [0.4, 0.5) is 5.69 Å². The van der Waals surface area contributed by atoms with Crippen LogP contribution < -0.4 is 9.62 Å². The van der Waals surface area contributed by atoms with E-state index < -0.39 is 16.0 Å². The van der Waals surface area contributed by atoms with Gasteiger partial charge in [-0.15, -0.1) is 0 Å². The first kappa shape index (κ1) is 21.3. The van der Waals surface area contributed by atoms with E-state index in [2.05, 4.69) is 31.4 Å². The fourth-order valence-electron chi connectivity index (χ4n) is 3.48. The number of sulfonamides is 1. The van der Waals surface area contributed by atoms with Gasteiger partial charge in [-0.05, 0) is 42.8 Å². The van der Waals surface area contributed by atoms with E-state index in [0.29, 0.717) is 24.2 Å². The molecule has 29 heavy (non-hydrogen) atoms. The molecule has 1 saturated heterocycles. The van der Waals surface area contributed by atoms with Gasteiger partial charge in [-0.3, -0.25) is 4.90 Å². The highest BCUT2D eigenvalue weighted by Crippen LogP contribution is 2.18. The molecule has 1 fully saturated rings. The molecule has 1 N–H and O–H groups in total. The molecular weight excluding hydrogens is 390 g/mol. The van der Waals surface area contributed by atoms with Crippen LogP contribution >= 0.6 is 0 Å². The first-order valence-electron chi connectivity index (χ1n) is 9.62. The summed E-state index contributed by atoms with van der Waals surface area (Å²) >= 11 is 0. The summed E-state index contributed by atoms with van der Waals surface area (Å²) in [6, 6.07) is 14.8. The Labute approximate surface area is 172 Å². The van der Waals surface area contributed by atoms with Crippen LogP contribution in [0.2, 0.25) is 0 Å². The van der Waals surface area contributed by atoms with Crippen molar-refractivity contribution in [2.45, 2.75) is 11.8 Å². The summed E-state index contributed by atoms with van der Waals surface area (Å²) in [4.78, 5) is 16.4. The van der Waals surface area contributed by atoms with Crippen molar-refractivity contribution in [3.63, 3.8) is 0 Å². The van der Waals surface area contributed by atoms with E-state index in [1.165, 1.54) is 31.0 Å². The summed E-state index contributed by atoms with van der Waals surface area (Å²) in [5, 5.41) is 0. The molecule has 0 aliphatic carbocycles. The van der Waals surface area contributed by atoms with Crippen LogP contribution in [-0.2, 0) is 14.8 Å². The van der Waals surface area contributed by atoms with E-state index in [9.17, 15) is 13.2 Å². The normalized spacial score (nSPS) is 15.3. The molecule has 8 heteroatoms. The molecule has 0 radical (unpaired) electrons. The van der Waals surface area contributed by atoms with Gasteiger partial charge >= 0.3 is 5.97 Å². The number of hydrogen-bond acceptors (Lipinski definition) is 6. The average Bonchev–Trinajstić information content (AvgIpc) is 2.74. The Morgan fingerprint density at radius 2 is 1.76 bits per heavy atom. The first-order valence-corrected chi connectivity index (χ1v) is 11.1. The number of ether oxygens (including phenoxy) is 1. The van der Waals surface area contributed by atoms with Crippen LogP contribution in [-0.4, -0.2) is 65.7 Å². The molecule has 0 bridgehead atoms. The average molecular weight is 418 g/mol. The van der Waals surface area contributed by atoms with Crippen molar-refractivity contribution in [3.8, 4) is 0 Å². The van der Waals surface area contributed by atoms with Crippen molar-refractivity contribution in [2.75, 3.05) is 51.3 Å². The summed E-state index contributed by atoms with van der Waals surface area (Å²) in [7, 11) is -2.34. The predicted octanol–water partition coefficient (Wildman–Crippen LogP) is 1.88. The molecule has 0 spiro atoms. The molecule has 2 aromatic rings. The molecule has 156 valence electrons. The highest BCUT2D eigenvalue weighted by atomic mass is 32.2. The summed E-state index contributed by atoms with van der Waals surface area (Å²) in [6.07, 6.45) is 0. The zero-order chi connectivity index (χ0) is 20.9. The summed E-state index contributed by atoms with van der Waals surface area (Å²) < 4.78 is 32.6. The number of nitrogens with zero attached hydrogens (tertiary/aromatic N) is 2. The summed E-state index contributed by atoms with van der Waals surface area (Å²) in [5.74, 6) is -0.486. The molecule has 3 rings (SSSR count). The molecule has 0 atom stereocenters. The van der Waals surface area contributed by atoms with Gasteiger partial charge in [0.1, 0.15) is 0 Å². The number of anilines is 1. The number of hydrogen-bond donors (Lipinski definition) is 1. The molecule has 1 aliphatic rings. The highest BCUT2D eigenvalue weighted by Gasteiger charge is 2.20. The Balaban J connectivity index is 1.51. The monoisotopic (exact) mass is 417 g/mol. The van der Waals surface area contributed by atoms with Crippen LogP contribution in [0, 0.1) is 6.92 Å². The van der Waals surface area contributed by atoms with E-state index in [1.54, 1.807) is 6.92 Å². The quantitative estimate of drug-likeness (QED) is 0.693. The van der Waals surface area contributed by atoms with Crippen molar-refractivity contribution in [1.82, 2.24) is 9.62 Å². The van der Waals surface area contributed by atoms with Gasteiger partial charge < -0.3 is 9.64 Å². The number of piperazine rings is 1. The lowest BCUT2D eigenvalue weighted by Crippen LogP contribution is -2.48. The lowest BCUT2D eigenvalue weighted by molar-refractivity contribution is 0.0600. The fourth-order valence-corrected chi connectivity index (χ4v) is 4.73. The number of benzene rings is 2. The molecule has 0 unspecified atom stereocenters. The Kier molecular flexibility index (Phi) is 6.89. The van der Waals surface area contributed by atoms with E-state index >= 15 is 0 Å². The molecular formula is C21H27N3O4S. The molecule has 1 heterocycles. The van der Waals surface area contributed by atoms with E-state index in [0.717, 1.165) is 26.2 Å². The zero-order valence-corrected chi connectivity index (χ0v) is 17.6. The number of aryl methyl sites for hydroxylation is 1. The maximum absolute atomic E-state index is 12.6. The van der Waals surface area contributed by atoms with Crippen molar-refractivity contribution in [2.24, 2.45) is 0 Å². The Bertz CT molecular complexity index is 940. The topological polar surface area (TPSA) is 78.9 Å². The van der Waals surface area contributed by atoms with Crippen LogP contribution in [0.15, 0.2) is 53.4 Å². The summed E-state index contributed by atoms with van der Waals surface area (Å²) in [5.41, 5.74) is 2.07. The maximum Gasteiger partial charge on any atom is 0.337 e. The molecule has 0 aromatic heterocycles. The van der Waals surface area contributed by atoms with Crippen LogP contribution in [0.5, 0.6) is 0 Å². The number of esters is 1. The lowest BCUT2D eigenvalue weighted by atomic mass is 10.1. The first-order chi connectivity index (χ1) is 13.9. The van der Waals surface area contributed by atoms with Gasteiger partial charge in [0.15, 0.2) is 0 Å². The Morgan fingerprint density at radius 3 is 2.38 bits per heavy atom. The third kappa shape index (κ3) is 5.35. The zero-order valence-electron chi connectivity index (χ0n) is 16.8. The van der Waals surface area contributed by atoms with E-state index in [-0.39, 0.29) is 4.90 Å². The van der Waals surface area contributed by atoms with Gasteiger partial charge in [0.25, 0.3) is 0 Å². The number of carbonyl (C=O) groups excluding carboxylic acids is 1. The molecule has 7 nitrogen and oxygen atoms in total. The Morgan fingerprint density at radius 1 is 1.07 bits per heavy atom. The molecule has 1 aliphatic heterocycles. The smallest absolute Gasteiger partial charge is 0.337 e. The van der Waals surface area contributed by atoms with Gasteiger partial charge in [-0.25, -0.2) is 17.9 Å². The molecule has 0 amide bonds. The number of para-hydroxylation sites is 1. The number of nitrogens with one attached hydrogen (secondary N) is 1. The van der Waals surface area contributed by atoms with Gasteiger partial charge in [0.05, 0.1) is 17.6 Å². The van der Waals surface area contributed by atoms with Crippen molar-refractivity contribution < 1.29 is 17.9 Å². The maximum atomic E-state index is 12.6. The minimum Gasteiger partial charge on any atom is -0.465 e. The van der Waals surface area contributed by atoms with E-state index in [4.69, 9.17) is 0 Å². The minimum atomic E-state index is -3.63. The van der Waals surface area contributed by atoms with E-state index in [1.807, 2.05) is 18.2 Å². The molecule has 2 aromatic carbocycles. The molecule has 0 saturated carbocycles. The van der Waals surface area contributed by atoms with Crippen LogP contribution in [0.1, 0.15) is 15.9 Å². The second-order valence-corrected chi connectivity index (χ2v) is 8.77. The SMILES string of the molecule is COC(=O)c1ccc(S(=O)(=O)NCCN2CCN(c3ccccc3)CC2)c(C)c1. The van der Waals surface area contributed by atoms with Crippen molar-refractivity contribution in [1.29, 1.82) is 0 Å². The van der Waals surface area contributed by atoms with Crippen molar-refractivity contribution >= 4 is 21.7 Å². The van der Waals surface area contributed by atoms with Gasteiger partial charge in [0, 0.05) is 45.0 Å².